The van der Waals surface area contributed by atoms with E-state index in [1.807, 2.05) is 30.0 Å². The molecular formula is C16H21N3O. The Labute approximate surface area is 120 Å². The molecule has 1 aromatic rings. The molecule has 0 saturated heterocycles. The number of benzene rings is 1. The van der Waals surface area contributed by atoms with Gasteiger partial charge in [-0.1, -0.05) is 24.6 Å². The zero-order valence-corrected chi connectivity index (χ0v) is 11.9. The van der Waals surface area contributed by atoms with Gasteiger partial charge in [-0.05, 0) is 31.4 Å². The van der Waals surface area contributed by atoms with Crippen molar-refractivity contribution in [1.29, 1.82) is 5.26 Å². The van der Waals surface area contributed by atoms with E-state index in [1.54, 1.807) is 6.07 Å². The molecule has 1 aliphatic rings. The maximum Gasteiger partial charge on any atom is 0.227 e. The first-order valence-electron chi connectivity index (χ1n) is 7.19. The Hall–Kier alpha value is -1.86. The topological polar surface area (TPSA) is 70.1 Å². The van der Waals surface area contributed by atoms with Crippen LogP contribution >= 0.6 is 0 Å². The van der Waals surface area contributed by atoms with Gasteiger partial charge in [0.05, 0.1) is 17.6 Å². The lowest BCUT2D eigenvalue weighted by atomic mass is 10.0. The smallest absolute Gasteiger partial charge is 0.227 e. The zero-order valence-electron chi connectivity index (χ0n) is 11.9. The SMILES string of the molecule is CCN(Cc1ccccc1C#N)C(=O)C1CCCC1N. The molecule has 1 fully saturated rings. The summed E-state index contributed by atoms with van der Waals surface area (Å²) in [6, 6.07) is 9.60. The lowest BCUT2D eigenvalue weighted by Gasteiger charge is -2.26. The average molecular weight is 271 g/mol. The van der Waals surface area contributed by atoms with Gasteiger partial charge in [-0.2, -0.15) is 5.26 Å². The van der Waals surface area contributed by atoms with E-state index in [4.69, 9.17) is 11.0 Å². The third-order valence-electron chi connectivity index (χ3n) is 4.08. The quantitative estimate of drug-likeness (QED) is 0.911. The molecule has 2 atom stereocenters. The van der Waals surface area contributed by atoms with Crippen LogP contribution in [0.5, 0.6) is 0 Å². The number of nitrogens with zero attached hydrogens (tertiary/aromatic N) is 2. The number of rotatable bonds is 4. The molecule has 2 rings (SSSR count). The molecule has 20 heavy (non-hydrogen) atoms. The summed E-state index contributed by atoms with van der Waals surface area (Å²) in [6.45, 7) is 3.09. The predicted octanol–water partition coefficient (Wildman–Crippen LogP) is 2.03. The van der Waals surface area contributed by atoms with Crippen LogP contribution in [0.1, 0.15) is 37.3 Å². The Balaban J connectivity index is 2.13. The second-order valence-electron chi connectivity index (χ2n) is 5.32. The van der Waals surface area contributed by atoms with E-state index in [0.717, 1.165) is 24.8 Å². The predicted molar refractivity (Wildman–Crippen MR) is 77.6 cm³/mol. The van der Waals surface area contributed by atoms with E-state index in [9.17, 15) is 4.79 Å². The first-order chi connectivity index (χ1) is 9.67. The number of nitriles is 1. The molecule has 0 aliphatic heterocycles. The molecule has 0 heterocycles. The van der Waals surface area contributed by atoms with Gasteiger partial charge in [-0.3, -0.25) is 4.79 Å². The van der Waals surface area contributed by atoms with Crippen LogP contribution in [0, 0.1) is 17.2 Å². The van der Waals surface area contributed by atoms with E-state index in [2.05, 4.69) is 6.07 Å². The van der Waals surface area contributed by atoms with Gasteiger partial charge in [0.15, 0.2) is 0 Å². The van der Waals surface area contributed by atoms with E-state index >= 15 is 0 Å². The van der Waals surface area contributed by atoms with Gasteiger partial charge >= 0.3 is 0 Å². The molecule has 1 aromatic carbocycles. The van der Waals surface area contributed by atoms with Crippen molar-refractivity contribution in [3.8, 4) is 6.07 Å². The van der Waals surface area contributed by atoms with Crippen LogP contribution in [-0.4, -0.2) is 23.4 Å². The lowest BCUT2D eigenvalue weighted by molar-refractivity contribution is -0.136. The number of hydrogen-bond donors (Lipinski definition) is 1. The lowest BCUT2D eigenvalue weighted by Crippen LogP contribution is -2.41. The van der Waals surface area contributed by atoms with Crippen LogP contribution in [0.2, 0.25) is 0 Å². The van der Waals surface area contributed by atoms with Crippen molar-refractivity contribution in [2.24, 2.45) is 11.7 Å². The zero-order chi connectivity index (χ0) is 14.5. The fraction of sp³-hybridized carbons (Fsp3) is 0.500. The second-order valence-corrected chi connectivity index (χ2v) is 5.32. The highest BCUT2D eigenvalue weighted by atomic mass is 16.2. The van der Waals surface area contributed by atoms with E-state index in [1.165, 1.54) is 0 Å². The summed E-state index contributed by atoms with van der Waals surface area (Å²) in [5.74, 6) is 0.0782. The molecular weight excluding hydrogens is 250 g/mol. The Kier molecular flexibility index (Phi) is 4.75. The highest BCUT2D eigenvalue weighted by molar-refractivity contribution is 5.80. The van der Waals surface area contributed by atoms with Gasteiger partial charge in [0.1, 0.15) is 0 Å². The minimum absolute atomic E-state index is 0.0113. The summed E-state index contributed by atoms with van der Waals surface area (Å²) >= 11 is 0. The number of carbonyl (C=O) groups is 1. The largest absolute Gasteiger partial charge is 0.338 e. The van der Waals surface area contributed by atoms with Crippen LogP contribution in [-0.2, 0) is 11.3 Å². The molecule has 0 aromatic heterocycles. The van der Waals surface area contributed by atoms with Gasteiger partial charge in [0.25, 0.3) is 0 Å². The normalized spacial score (nSPS) is 21.4. The van der Waals surface area contributed by atoms with Gasteiger partial charge in [-0.25, -0.2) is 0 Å². The van der Waals surface area contributed by atoms with Crippen molar-refractivity contribution in [2.45, 2.75) is 38.8 Å². The summed E-state index contributed by atoms with van der Waals surface area (Å²) in [7, 11) is 0. The maximum atomic E-state index is 12.6. The molecule has 0 bridgehead atoms. The minimum Gasteiger partial charge on any atom is -0.338 e. The molecule has 0 spiro atoms. The van der Waals surface area contributed by atoms with Gasteiger partial charge < -0.3 is 10.6 Å². The molecule has 1 saturated carbocycles. The van der Waals surface area contributed by atoms with Crippen molar-refractivity contribution in [3.05, 3.63) is 35.4 Å². The monoisotopic (exact) mass is 271 g/mol. The molecule has 2 N–H and O–H groups in total. The summed E-state index contributed by atoms with van der Waals surface area (Å²) < 4.78 is 0. The number of amides is 1. The van der Waals surface area contributed by atoms with Crippen LogP contribution in [0.15, 0.2) is 24.3 Å². The molecule has 1 aliphatic carbocycles. The molecule has 4 nitrogen and oxygen atoms in total. The Morgan fingerprint density at radius 3 is 2.80 bits per heavy atom. The minimum atomic E-state index is -0.0517. The van der Waals surface area contributed by atoms with Gasteiger partial charge in [0, 0.05) is 19.1 Å². The van der Waals surface area contributed by atoms with E-state index < -0.39 is 0 Å². The summed E-state index contributed by atoms with van der Waals surface area (Å²) in [4.78, 5) is 14.4. The fourth-order valence-electron chi connectivity index (χ4n) is 2.85. The molecule has 0 radical (unpaired) electrons. The Bertz CT molecular complexity index is 521. The highest BCUT2D eigenvalue weighted by Crippen LogP contribution is 2.26. The van der Waals surface area contributed by atoms with Crippen molar-refractivity contribution < 1.29 is 4.79 Å². The van der Waals surface area contributed by atoms with Crippen molar-refractivity contribution in [2.75, 3.05) is 6.54 Å². The van der Waals surface area contributed by atoms with Crippen LogP contribution in [0.3, 0.4) is 0 Å². The fourth-order valence-corrected chi connectivity index (χ4v) is 2.85. The first-order valence-corrected chi connectivity index (χ1v) is 7.19. The third kappa shape index (κ3) is 3.00. The number of hydrogen-bond acceptors (Lipinski definition) is 3. The highest BCUT2D eigenvalue weighted by Gasteiger charge is 2.32. The van der Waals surface area contributed by atoms with Crippen molar-refractivity contribution in [3.63, 3.8) is 0 Å². The molecule has 2 unspecified atom stereocenters. The van der Waals surface area contributed by atoms with Gasteiger partial charge in [-0.15, -0.1) is 0 Å². The van der Waals surface area contributed by atoms with E-state index in [0.29, 0.717) is 18.7 Å². The molecule has 1 amide bonds. The molecule has 106 valence electrons. The standard InChI is InChI=1S/C16H21N3O/c1-2-19(16(20)14-8-5-9-15(14)18)11-13-7-4-3-6-12(13)10-17/h3-4,6-7,14-15H,2,5,8-9,11,18H2,1H3. The molecule has 4 heteroatoms. The summed E-state index contributed by atoms with van der Waals surface area (Å²) in [5, 5.41) is 9.12. The van der Waals surface area contributed by atoms with Crippen molar-refractivity contribution in [1.82, 2.24) is 4.90 Å². The summed E-state index contributed by atoms with van der Waals surface area (Å²) in [6.07, 6.45) is 2.85. The number of nitrogens with two attached hydrogens (primary N) is 1. The Morgan fingerprint density at radius 1 is 1.45 bits per heavy atom. The summed E-state index contributed by atoms with van der Waals surface area (Å²) in [5.41, 5.74) is 7.56. The van der Waals surface area contributed by atoms with Crippen LogP contribution in [0.4, 0.5) is 0 Å². The number of carbonyl (C=O) groups excluding carboxylic acids is 1. The van der Waals surface area contributed by atoms with Gasteiger partial charge in [0.2, 0.25) is 5.91 Å². The van der Waals surface area contributed by atoms with Crippen LogP contribution in [0.25, 0.3) is 0 Å². The van der Waals surface area contributed by atoms with E-state index in [-0.39, 0.29) is 17.9 Å². The second kappa shape index (κ2) is 6.53. The van der Waals surface area contributed by atoms with Crippen molar-refractivity contribution >= 4 is 5.91 Å². The first kappa shape index (κ1) is 14.5. The third-order valence-corrected chi connectivity index (χ3v) is 4.08. The maximum absolute atomic E-state index is 12.6. The Morgan fingerprint density at radius 2 is 2.20 bits per heavy atom. The van der Waals surface area contributed by atoms with Crippen LogP contribution < -0.4 is 5.73 Å². The average Bonchev–Trinajstić information content (AvgIpc) is 2.90.